The Morgan fingerprint density at radius 2 is 1.04 bits per heavy atom. The maximum atomic E-state index is 10.9. The fourth-order valence-electron chi connectivity index (χ4n) is 2.79. The molecular formula is C19H36Cl2O2. The number of rotatable bonds is 17. The predicted molar refractivity (Wildman–Crippen MR) is 101 cm³/mol. The van der Waals surface area contributed by atoms with Gasteiger partial charge in [-0.2, -0.15) is 0 Å². The Balaban J connectivity index is 3.01. The number of carbonyl (C=O) groups excluding carboxylic acids is 1. The molecule has 0 unspecified atom stereocenters. The van der Waals surface area contributed by atoms with E-state index in [9.17, 15) is 4.79 Å². The van der Waals surface area contributed by atoms with Crippen LogP contribution in [-0.4, -0.2) is 17.9 Å². The molecule has 0 N–H and O–H groups in total. The summed E-state index contributed by atoms with van der Waals surface area (Å²) in [5.74, 6) is -0.0766. The van der Waals surface area contributed by atoms with E-state index in [-0.39, 0.29) is 10.8 Å². The molecule has 0 aliphatic heterocycles. The molecule has 0 aromatic rings. The second-order valence-electron chi connectivity index (χ2n) is 6.46. The van der Waals surface area contributed by atoms with Crippen LogP contribution in [0.2, 0.25) is 0 Å². The molecule has 0 amide bonds. The summed E-state index contributed by atoms with van der Waals surface area (Å²) < 4.78 is 4.63. The van der Waals surface area contributed by atoms with Gasteiger partial charge in [0.2, 0.25) is 0 Å². The number of alkyl halides is 2. The van der Waals surface area contributed by atoms with Crippen molar-refractivity contribution < 1.29 is 9.53 Å². The van der Waals surface area contributed by atoms with Crippen LogP contribution in [0, 0.1) is 0 Å². The Hall–Kier alpha value is 0.0500. The molecule has 0 bridgehead atoms. The second-order valence-corrected chi connectivity index (χ2v) is 7.73. The first-order valence-electron chi connectivity index (χ1n) is 9.51. The number of ether oxygens (including phenoxy) is 1. The molecule has 0 aliphatic carbocycles. The molecule has 0 atom stereocenters. The van der Waals surface area contributed by atoms with Gasteiger partial charge in [-0.1, -0.05) is 83.5 Å². The minimum absolute atomic E-state index is 0.0766. The summed E-state index contributed by atoms with van der Waals surface area (Å²) in [4.78, 5) is 10.8. The van der Waals surface area contributed by atoms with E-state index in [0.29, 0.717) is 6.42 Å². The van der Waals surface area contributed by atoms with Crippen molar-refractivity contribution in [2.24, 2.45) is 0 Å². The van der Waals surface area contributed by atoms with E-state index in [2.05, 4.69) is 4.74 Å². The van der Waals surface area contributed by atoms with E-state index < -0.39 is 0 Å². The van der Waals surface area contributed by atoms with Gasteiger partial charge in [0.1, 0.15) is 4.84 Å². The van der Waals surface area contributed by atoms with Crippen molar-refractivity contribution in [1.29, 1.82) is 0 Å². The topological polar surface area (TPSA) is 26.3 Å². The van der Waals surface area contributed by atoms with Gasteiger partial charge in [0.25, 0.3) is 0 Å². The van der Waals surface area contributed by atoms with Gasteiger partial charge in [0, 0.05) is 6.42 Å². The Labute approximate surface area is 153 Å². The lowest BCUT2D eigenvalue weighted by atomic mass is 10.0. The Morgan fingerprint density at radius 1 is 0.696 bits per heavy atom. The molecule has 0 aliphatic rings. The number of methoxy groups -OCH3 is 1. The van der Waals surface area contributed by atoms with E-state index in [1.165, 1.54) is 77.7 Å². The van der Waals surface area contributed by atoms with Crippen LogP contribution in [0.15, 0.2) is 0 Å². The molecule has 4 heteroatoms. The highest BCUT2D eigenvalue weighted by atomic mass is 35.5. The van der Waals surface area contributed by atoms with Crippen LogP contribution < -0.4 is 0 Å². The van der Waals surface area contributed by atoms with E-state index in [1.807, 2.05) is 0 Å². The van der Waals surface area contributed by atoms with Crippen molar-refractivity contribution in [3.8, 4) is 0 Å². The van der Waals surface area contributed by atoms with Gasteiger partial charge in [-0.3, -0.25) is 4.79 Å². The highest BCUT2D eigenvalue weighted by Gasteiger charge is 1.99. The minimum atomic E-state index is -0.178. The summed E-state index contributed by atoms with van der Waals surface area (Å²) in [6, 6.07) is 0. The number of hydrogen-bond acceptors (Lipinski definition) is 2. The molecule has 0 radical (unpaired) electrons. The van der Waals surface area contributed by atoms with Crippen LogP contribution in [0.25, 0.3) is 0 Å². The zero-order valence-corrected chi connectivity index (χ0v) is 16.5. The van der Waals surface area contributed by atoms with E-state index in [1.54, 1.807) is 0 Å². The third-order valence-corrected chi connectivity index (χ3v) is 4.72. The second kappa shape index (κ2) is 18.4. The third kappa shape index (κ3) is 20.0. The summed E-state index contributed by atoms with van der Waals surface area (Å²) >= 11 is 11.4. The van der Waals surface area contributed by atoms with Gasteiger partial charge in [0.05, 0.1) is 7.11 Å². The van der Waals surface area contributed by atoms with Gasteiger partial charge in [-0.25, -0.2) is 0 Å². The van der Waals surface area contributed by atoms with Crippen molar-refractivity contribution in [2.75, 3.05) is 7.11 Å². The fraction of sp³-hybridized carbons (Fsp3) is 0.947. The lowest BCUT2D eigenvalue weighted by Crippen LogP contribution is -1.99. The standard InChI is InChI=1S/C19H36Cl2O2/c1-23-19(22)17-15-13-11-9-7-5-3-2-4-6-8-10-12-14-16-18(20)21/h18H,2-17H2,1H3. The van der Waals surface area contributed by atoms with E-state index >= 15 is 0 Å². The number of unbranched alkanes of at least 4 members (excludes halogenated alkanes) is 13. The smallest absolute Gasteiger partial charge is 0.305 e. The average Bonchev–Trinajstić information content (AvgIpc) is 2.53. The van der Waals surface area contributed by atoms with Crippen molar-refractivity contribution in [3.63, 3.8) is 0 Å². The number of carbonyl (C=O) groups is 1. The monoisotopic (exact) mass is 366 g/mol. The molecular weight excluding hydrogens is 331 g/mol. The fourth-order valence-corrected chi connectivity index (χ4v) is 3.10. The molecule has 0 rings (SSSR count). The Morgan fingerprint density at radius 3 is 1.39 bits per heavy atom. The van der Waals surface area contributed by atoms with Crippen molar-refractivity contribution >= 4 is 29.2 Å². The lowest BCUT2D eigenvalue weighted by Gasteiger charge is -2.04. The van der Waals surface area contributed by atoms with Crippen LogP contribution in [0.1, 0.15) is 103 Å². The predicted octanol–water partition coefficient (Wildman–Crippen LogP) is 7.20. The zero-order chi connectivity index (χ0) is 17.2. The minimum Gasteiger partial charge on any atom is -0.469 e. The highest BCUT2D eigenvalue weighted by Crippen LogP contribution is 2.16. The summed E-state index contributed by atoms with van der Waals surface area (Å²) in [6.07, 6.45) is 19.5. The SMILES string of the molecule is COC(=O)CCCCCCCCCCCCCCCCC(Cl)Cl. The number of hydrogen-bond donors (Lipinski definition) is 0. The summed E-state index contributed by atoms with van der Waals surface area (Å²) in [7, 11) is 1.46. The van der Waals surface area contributed by atoms with Gasteiger partial charge in [-0.05, 0) is 12.8 Å². The molecule has 138 valence electrons. The number of halogens is 2. The Bertz CT molecular complexity index is 258. The molecule has 0 saturated carbocycles. The van der Waals surface area contributed by atoms with Gasteiger partial charge >= 0.3 is 5.97 Å². The van der Waals surface area contributed by atoms with Crippen LogP contribution >= 0.6 is 23.2 Å². The van der Waals surface area contributed by atoms with Crippen molar-refractivity contribution in [3.05, 3.63) is 0 Å². The summed E-state index contributed by atoms with van der Waals surface area (Å²) in [5.41, 5.74) is 0. The summed E-state index contributed by atoms with van der Waals surface area (Å²) in [6.45, 7) is 0. The average molecular weight is 367 g/mol. The molecule has 0 fully saturated rings. The maximum absolute atomic E-state index is 10.9. The zero-order valence-electron chi connectivity index (χ0n) is 15.0. The molecule has 2 nitrogen and oxygen atoms in total. The molecule has 0 heterocycles. The quantitative estimate of drug-likeness (QED) is 0.154. The van der Waals surface area contributed by atoms with Crippen molar-refractivity contribution in [2.45, 2.75) is 108 Å². The lowest BCUT2D eigenvalue weighted by molar-refractivity contribution is -0.140. The highest BCUT2D eigenvalue weighted by molar-refractivity contribution is 6.44. The van der Waals surface area contributed by atoms with Crippen LogP contribution in [0.4, 0.5) is 0 Å². The normalized spacial score (nSPS) is 11.1. The largest absolute Gasteiger partial charge is 0.469 e. The van der Waals surface area contributed by atoms with E-state index in [4.69, 9.17) is 23.2 Å². The molecule has 23 heavy (non-hydrogen) atoms. The molecule has 0 aromatic carbocycles. The van der Waals surface area contributed by atoms with Gasteiger partial charge in [-0.15, -0.1) is 23.2 Å². The Kier molecular flexibility index (Phi) is 18.4. The van der Waals surface area contributed by atoms with Gasteiger partial charge < -0.3 is 4.74 Å². The first-order chi connectivity index (χ1) is 11.2. The summed E-state index contributed by atoms with van der Waals surface area (Å²) in [5, 5.41) is 0. The molecule has 0 spiro atoms. The van der Waals surface area contributed by atoms with Crippen LogP contribution in [-0.2, 0) is 9.53 Å². The van der Waals surface area contributed by atoms with Crippen LogP contribution in [0.5, 0.6) is 0 Å². The van der Waals surface area contributed by atoms with Crippen LogP contribution in [0.3, 0.4) is 0 Å². The first-order valence-corrected chi connectivity index (χ1v) is 10.4. The van der Waals surface area contributed by atoms with Gasteiger partial charge in [0.15, 0.2) is 0 Å². The van der Waals surface area contributed by atoms with E-state index in [0.717, 1.165) is 25.7 Å². The van der Waals surface area contributed by atoms with Crippen molar-refractivity contribution in [1.82, 2.24) is 0 Å². The first kappa shape index (κ1) is 23.1. The third-order valence-electron chi connectivity index (χ3n) is 4.28. The number of esters is 1. The molecule has 0 aromatic heterocycles. The maximum Gasteiger partial charge on any atom is 0.305 e. The molecule has 0 saturated heterocycles.